The molecule has 1 aromatic heterocycles. The topological polar surface area (TPSA) is 79.4 Å². The molecule has 3 rings (SSSR count). The zero-order chi connectivity index (χ0) is 17.3. The zero-order valence-corrected chi connectivity index (χ0v) is 14.8. The second kappa shape index (κ2) is 6.46. The van der Waals surface area contributed by atoms with Crippen molar-refractivity contribution < 1.29 is 13.2 Å². The average molecular weight is 363 g/mol. The zero-order valence-electron chi connectivity index (χ0n) is 13.2. The first-order chi connectivity index (χ1) is 11.5. The third kappa shape index (κ3) is 2.77. The Bertz CT molecular complexity index is 903. The molecule has 0 radical (unpaired) electrons. The summed E-state index contributed by atoms with van der Waals surface area (Å²) < 4.78 is 27.1. The number of amides is 1. The molecule has 1 N–H and O–H groups in total. The van der Waals surface area contributed by atoms with E-state index in [1.54, 1.807) is 30.3 Å². The number of sulfonamides is 1. The highest BCUT2D eigenvalue weighted by molar-refractivity contribution is 7.89. The third-order valence-electron chi connectivity index (χ3n) is 3.64. The fraction of sp³-hybridized carbons (Fsp3) is 0.250. The van der Waals surface area contributed by atoms with E-state index in [0.717, 1.165) is 4.88 Å². The van der Waals surface area contributed by atoms with Crippen LogP contribution < -0.4 is 5.32 Å². The van der Waals surface area contributed by atoms with Gasteiger partial charge in [0.15, 0.2) is 5.01 Å². The number of carbonyl (C=O) groups excluding carboxylic acids is 1. The second-order valence-electron chi connectivity index (χ2n) is 5.23. The Morgan fingerprint density at radius 2 is 2.21 bits per heavy atom. The fourth-order valence-electron chi connectivity index (χ4n) is 2.58. The molecule has 1 aliphatic rings. The summed E-state index contributed by atoms with van der Waals surface area (Å²) >= 11 is 1.23. The minimum absolute atomic E-state index is 0.176. The van der Waals surface area contributed by atoms with Crippen molar-refractivity contribution in [1.82, 2.24) is 14.6 Å². The lowest BCUT2D eigenvalue weighted by atomic mass is 10.1. The Morgan fingerprint density at radius 1 is 1.46 bits per heavy atom. The van der Waals surface area contributed by atoms with Crippen molar-refractivity contribution in [3.8, 4) is 11.3 Å². The van der Waals surface area contributed by atoms with Crippen LogP contribution in [-0.2, 0) is 16.6 Å². The molecule has 2 heterocycles. The molecular weight excluding hydrogens is 346 g/mol. The largest absolute Gasteiger partial charge is 0.350 e. The van der Waals surface area contributed by atoms with Crippen LogP contribution in [0.15, 0.2) is 41.8 Å². The van der Waals surface area contributed by atoms with E-state index in [0.29, 0.717) is 22.8 Å². The molecule has 0 atom stereocenters. The third-order valence-corrected chi connectivity index (χ3v) is 6.55. The average Bonchev–Trinajstić information content (AvgIpc) is 2.95. The molecule has 0 bridgehead atoms. The first-order valence-electron chi connectivity index (χ1n) is 7.47. The maximum Gasteiger partial charge on any atom is 0.280 e. The number of thiazole rings is 1. The van der Waals surface area contributed by atoms with Crippen LogP contribution in [0.5, 0.6) is 0 Å². The van der Waals surface area contributed by atoms with Gasteiger partial charge in [0.25, 0.3) is 5.91 Å². The number of hydrogen-bond donors (Lipinski definition) is 1. The highest BCUT2D eigenvalue weighted by Gasteiger charge is 2.33. The van der Waals surface area contributed by atoms with E-state index in [9.17, 15) is 13.2 Å². The highest BCUT2D eigenvalue weighted by Crippen LogP contribution is 2.38. The lowest BCUT2D eigenvalue weighted by Crippen LogP contribution is -2.29. The van der Waals surface area contributed by atoms with E-state index in [1.165, 1.54) is 15.6 Å². The van der Waals surface area contributed by atoms with Crippen molar-refractivity contribution in [3.05, 3.63) is 46.8 Å². The minimum atomic E-state index is -3.63. The number of aromatic nitrogens is 1. The van der Waals surface area contributed by atoms with Crippen LogP contribution in [0.2, 0.25) is 0 Å². The Morgan fingerprint density at radius 3 is 2.92 bits per heavy atom. The molecule has 0 aliphatic carbocycles. The summed E-state index contributed by atoms with van der Waals surface area (Å²) in [5, 5.41) is 3.07. The van der Waals surface area contributed by atoms with E-state index in [4.69, 9.17) is 0 Å². The van der Waals surface area contributed by atoms with E-state index in [1.807, 2.05) is 6.92 Å². The highest BCUT2D eigenvalue weighted by atomic mass is 32.2. The van der Waals surface area contributed by atoms with Crippen LogP contribution in [0.3, 0.4) is 0 Å². The predicted molar refractivity (Wildman–Crippen MR) is 93.4 cm³/mol. The van der Waals surface area contributed by atoms with Gasteiger partial charge in [0.2, 0.25) is 10.0 Å². The van der Waals surface area contributed by atoms with Gasteiger partial charge in [-0.2, -0.15) is 4.31 Å². The van der Waals surface area contributed by atoms with Gasteiger partial charge >= 0.3 is 0 Å². The molecule has 1 amide bonds. The van der Waals surface area contributed by atoms with Gasteiger partial charge in [0.1, 0.15) is 0 Å². The molecule has 0 saturated heterocycles. The monoisotopic (exact) mass is 363 g/mol. The number of nitrogens with one attached hydrogen (secondary N) is 1. The summed E-state index contributed by atoms with van der Waals surface area (Å²) in [7, 11) is -3.63. The normalized spacial score (nSPS) is 15.9. The van der Waals surface area contributed by atoms with Gasteiger partial charge in [0, 0.05) is 23.5 Å². The fourth-order valence-corrected chi connectivity index (χ4v) is 5.24. The lowest BCUT2D eigenvalue weighted by molar-refractivity contribution is 0.0955. The molecule has 6 nitrogen and oxygen atoms in total. The first kappa shape index (κ1) is 16.8. The maximum atomic E-state index is 12.9. The lowest BCUT2D eigenvalue weighted by Gasteiger charge is -2.18. The van der Waals surface area contributed by atoms with Crippen LogP contribution in [0.25, 0.3) is 11.3 Å². The standard InChI is InChI=1S/C16H17N3O3S2/c1-3-9-19-10-12-14(18-16(23-12)15(20)17-4-2)11-7-5-6-8-13(11)24(19,21)22/h3,5-8H,1,4,9-10H2,2H3,(H,17,20). The Kier molecular flexibility index (Phi) is 4.53. The molecule has 2 aromatic rings. The summed E-state index contributed by atoms with van der Waals surface area (Å²) in [4.78, 5) is 17.5. The predicted octanol–water partition coefficient (Wildman–Crippen LogP) is 2.25. The van der Waals surface area contributed by atoms with E-state index in [2.05, 4.69) is 16.9 Å². The number of fused-ring (bicyclic) bond motifs is 3. The number of rotatable bonds is 4. The maximum absolute atomic E-state index is 12.9. The Balaban J connectivity index is 2.20. The van der Waals surface area contributed by atoms with Crippen LogP contribution in [0.4, 0.5) is 0 Å². The molecule has 0 fully saturated rings. The molecule has 1 aliphatic heterocycles. The summed E-state index contributed by atoms with van der Waals surface area (Å²) in [6.07, 6.45) is 1.55. The Hall–Kier alpha value is -2.03. The molecule has 0 spiro atoms. The molecule has 8 heteroatoms. The van der Waals surface area contributed by atoms with Gasteiger partial charge in [-0.05, 0) is 13.0 Å². The molecule has 0 saturated carbocycles. The number of nitrogens with zero attached hydrogens (tertiary/aromatic N) is 2. The van der Waals surface area contributed by atoms with Crippen molar-refractivity contribution in [2.24, 2.45) is 0 Å². The first-order valence-corrected chi connectivity index (χ1v) is 9.73. The minimum Gasteiger partial charge on any atom is -0.350 e. The van der Waals surface area contributed by atoms with Gasteiger partial charge in [-0.25, -0.2) is 13.4 Å². The smallest absolute Gasteiger partial charge is 0.280 e. The van der Waals surface area contributed by atoms with Crippen LogP contribution in [0.1, 0.15) is 21.6 Å². The molecule has 126 valence electrons. The van der Waals surface area contributed by atoms with E-state index < -0.39 is 10.0 Å². The van der Waals surface area contributed by atoms with E-state index >= 15 is 0 Å². The van der Waals surface area contributed by atoms with Crippen LogP contribution >= 0.6 is 11.3 Å². The molecule has 1 aromatic carbocycles. The van der Waals surface area contributed by atoms with Crippen LogP contribution in [0, 0.1) is 0 Å². The van der Waals surface area contributed by atoms with Gasteiger partial charge in [0.05, 0.1) is 17.1 Å². The van der Waals surface area contributed by atoms with Crippen molar-refractivity contribution in [3.63, 3.8) is 0 Å². The summed E-state index contributed by atoms with van der Waals surface area (Å²) in [5.74, 6) is -0.244. The number of carbonyl (C=O) groups is 1. The van der Waals surface area contributed by atoms with Gasteiger partial charge in [-0.1, -0.05) is 24.3 Å². The van der Waals surface area contributed by atoms with Crippen molar-refractivity contribution in [1.29, 1.82) is 0 Å². The molecule has 24 heavy (non-hydrogen) atoms. The van der Waals surface area contributed by atoms with Gasteiger partial charge < -0.3 is 5.32 Å². The second-order valence-corrected chi connectivity index (χ2v) is 8.22. The van der Waals surface area contributed by atoms with Crippen molar-refractivity contribution in [2.45, 2.75) is 18.4 Å². The van der Waals surface area contributed by atoms with Gasteiger partial charge in [-0.3, -0.25) is 4.79 Å². The summed E-state index contributed by atoms with van der Waals surface area (Å²) in [6, 6.07) is 6.75. The van der Waals surface area contributed by atoms with Crippen molar-refractivity contribution >= 4 is 27.3 Å². The summed E-state index contributed by atoms with van der Waals surface area (Å²) in [5.41, 5.74) is 1.10. The summed E-state index contributed by atoms with van der Waals surface area (Å²) in [6.45, 7) is 6.36. The van der Waals surface area contributed by atoms with Crippen molar-refractivity contribution in [2.75, 3.05) is 13.1 Å². The number of benzene rings is 1. The van der Waals surface area contributed by atoms with Crippen LogP contribution in [-0.4, -0.2) is 36.7 Å². The van der Waals surface area contributed by atoms with Gasteiger partial charge in [-0.15, -0.1) is 17.9 Å². The molecular formula is C16H17N3O3S2. The number of hydrogen-bond acceptors (Lipinski definition) is 5. The quantitative estimate of drug-likeness (QED) is 0.845. The SMILES string of the molecule is C=CCN1Cc2sc(C(=O)NCC)nc2-c2ccccc2S1(=O)=O. The molecule has 0 unspecified atom stereocenters. The Labute approximate surface area is 144 Å². The van der Waals surface area contributed by atoms with E-state index in [-0.39, 0.29) is 23.9 Å².